The Morgan fingerprint density at radius 1 is 1.23 bits per heavy atom. The molecule has 0 atom stereocenters. The van der Waals surface area contributed by atoms with Gasteiger partial charge in [-0.15, -0.1) is 0 Å². The Labute approximate surface area is 130 Å². The van der Waals surface area contributed by atoms with Crippen molar-refractivity contribution in [2.75, 3.05) is 12.4 Å². The maximum absolute atomic E-state index is 12.3. The Balaban J connectivity index is 2.02. The second-order valence-corrected chi connectivity index (χ2v) is 5.27. The molecule has 0 aliphatic rings. The number of hydrogen-bond acceptors (Lipinski definition) is 3. The molecule has 0 radical (unpaired) electrons. The summed E-state index contributed by atoms with van der Waals surface area (Å²) in [5, 5.41) is 2.87. The molecule has 2 rings (SSSR count). The highest BCUT2D eigenvalue weighted by Gasteiger charge is 2.13. The van der Waals surface area contributed by atoms with Crippen LogP contribution in [0.15, 0.2) is 48.7 Å². The van der Waals surface area contributed by atoms with Crippen LogP contribution in [0.5, 0.6) is 5.75 Å². The summed E-state index contributed by atoms with van der Waals surface area (Å²) in [6.45, 7) is 4.34. The van der Waals surface area contributed by atoms with Crippen LogP contribution in [0, 0.1) is 0 Å². The fourth-order valence-electron chi connectivity index (χ4n) is 1.94. The topological polar surface area (TPSA) is 54.5 Å². The Kier molecular flexibility index (Phi) is 5.36. The lowest BCUT2D eigenvalue weighted by molar-refractivity contribution is 0.219. The molecule has 0 saturated carbocycles. The Hall–Kier alpha value is -2.56. The summed E-state index contributed by atoms with van der Waals surface area (Å²) in [6.07, 6.45) is 1.76. The van der Waals surface area contributed by atoms with Gasteiger partial charge >= 0.3 is 6.03 Å². The van der Waals surface area contributed by atoms with Crippen molar-refractivity contribution in [1.29, 1.82) is 0 Å². The number of nitrogens with zero attached hydrogens (tertiary/aromatic N) is 2. The number of nitrogens with one attached hydrogen (secondary N) is 1. The molecular weight excluding hydrogens is 278 g/mol. The fraction of sp³-hybridized carbons (Fsp3) is 0.294. The van der Waals surface area contributed by atoms with E-state index in [9.17, 15) is 4.79 Å². The third-order valence-electron chi connectivity index (χ3n) is 2.96. The van der Waals surface area contributed by atoms with E-state index in [1.54, 1.807) is 18.1 Å². The first-order valence-corrected chi connectivity index (χ1v) is 7.24. The number of ether oxygens (including phenoxy) is 1. The molecule has 116 valence electrons. The van der Waals surface area contributed by atoms with Gasteiger partial charge in [-0.25, -0.2) is 4.79 Å². The van der Waals surface area contributed by atoms with Gasteiger partial charge in [-0.1, -0.05) is 18.2 Å². The minimum absolute atomic E-state index is 0.0456. The Morgan fingerprint density at radius 3 is 2.64 bits per heavy atom. The van der Waals surface area contributed by atoms with Gasteiger partial charge in [0.1, 0.15) is 5.75 Å². The number of amides is 2. The van der Waals surface area contributed by atoms with Crippen molar-refractivity contribution < 1.29 is 9.53 Å². The molecule has 1 aromatic carbocycles. The van der Waals surface area contributed by atoms with E-state index in [4.69, 9.17) is 4.74 Å². The van der Waals surface area contributed by atoms with E-state index in [2.05, 4.69) is 10.3 Å². The molecule has 2 aromatic rings. The van der Waals surface area contributed by atoms with Crippen LogP contribution < -0.4 is 10.1 Å². The van der Waals surface area contributed by atoms with E-state index < -0.39 is 0 Å². The minimum atomic E-state index is -0.203. The number of urea groups is 1. The van der Waals surface area contributed by atoms with Gasteiger partial charge in [-0.3, -0.25) is 4.98 Å². The first-order chi connectivity index (χ1) is 10.6. The largest absolute Gasteiger partial charge is 0.489 e. The number of anilines is 1. The Morgan fingerprint density at radius 2 is 1.95 bits per heavy atom. The van der Waals surface area contributed by atoms with Gasteiger partial charge in [-0.05, 0) is 38.1 Å². The third-order valence-corrected chi connectivity index (χ3v) is 2.96. The van der Waals surface area contributed by atoms with Crippen LogP contribution in [-0.2, 0) is 6.54 Å². The zero-order valence-electron chi connectivity index (χ0n) is 13.1. The van der Waals surface area contributed by atoms with Crippen molar-refractivity contribution in [3.05, 3.63) is 54.4 Å². The van der Waals surface area contributed by atoms with Crippen LogP contribution in [-0.4, -0.2) is 29.1 Å². The molecule has 1 heterocycles. The number of hydrogen-bond donors (Lipinski definition) is 1. The molecule has 0 aliphatic heterocycles. The van der Waals surface area contributed by atoms with Crippen LogP contribution in [0.3, 0.4) is 0 Å². The van der Waals surface area contributed by atoms with Crippen molar-refractivity contribution >= 4 is 11.7 Å². The van der Waals surface area contributed by atoms with Gasteiger partial charge in [-0.2, -0.15) is 0 Å². The maximum Gasteiger partial charge on any atom is 0.322 e. The molecule has 0 fully saturated rings. The highest BCUT2D eigenvalue weighted by atomic mass is 16.5. The monoisotopic (exact) mass is 299 g/mol. The Bertz CT molecular complexity index is 614. The SMILES string of the molecule is CC(C)Oc1ccccc1NC(=O)N(C)Cc1ccccn1. The molecule has 1 aromatic heterocycles. The second kappa shape index (κ2) is 7.45. The highest BCUT2D eigenvalue weighted by molar-refractivity contribution is 5.90. The average Bonchev–Trinajstić information content (AvgIpc) is 2.49. The van der Waals surface area contributed by atoms with Gasteiger partial charge in [0.15, 0.2) is 0 Å². The van der Waals surface area contributed by atoms with Gasteiger partial charge in [0.05, 0.1) is 24.0 Å². The molecule has 1 N–H and O–H groups in total. The number of aromatic nitrogens is 1. The smallest absolute Gasteiger partial charge is 0.322 e. The average molecular weight is 299 g/mol. The number of carbonyl (C=O) groups excluding carboxylic acids is 1. The summed E-state index contributed by atoms with van der Waals surface area (Å²) in [4.78, 5) is 18.1. The quantitative estimate of drug-likeness (QED) is 0.919. The molecule has 0 unspecified atom stereocenters. The molecular formula is C17H21N3O2. The molecule has 5 nitrogen and oxygen atoms in total. The first kappa shape index (κ1) is 15.8. The van der Waals surface area contributed by atoms with Gasteiger partial charge in [0.25, 0.3) is 0 Å². The van der Waals surface area contributed by atoms with Crippen molar-refractivity contribution in [3.8, 4) is 5.75 Å². The predicted molar refractivity (Wildman–Crippen MR) is 86.9 cm³/mol. The standard InChI is InChI=1S/C17H21N3O2/c1-13(2)22-16-10-5-4-9-15(16)19-17(21)20(3)12-14-8-6-7-11-18-14/h4-11,13H,12H2,1-3H3,(H,19,21). The van der Waals surface area contributed by atoms with Crippen LogP contribution >= 0.6 is 0 Å². The molecule has 5 heteroatoms. The van der Waals surface area contributed by atoms with E-state index >= 15 is 0 Å². The normalized spacial score (nSPS) is 10.4. The highest BCUT2D eigenvalue weighted by Crippen LogP contribution is 2.25. The lowest BCUT2D eigenvalue weighted by atomic mass is 10.3. The first-order valence-electron chi connectivity index (χ1n) is 7.24. The van der Waals surface area contributed by atoms with Crippen LogP contribution in [0.2, 0.25) is 0 Å². The molecule has 0 spiro atoms. The lowest BCUT2D eigenvalue weighted by Gasteiger charge is -2.19. The van der Waals surface area contributed by atoms with Crippen LogP contribution in [0.1, 0.15) is 19.5 Å². The molecule has 0 bridgehead atoms. The zero-order chi connectivity index (χ0) is 15.9. The maximum atomic E-state index is 12.3. The summed E-state index contributed by atoms with van der Waals surface area (Å²) in [7, 11) is 1.73. The van der Waals surface area contributed by atoms with Crippen molar-refractivity contribution in [3.63, 3.8) is 0 Å². The van der Waals surface area contributed by atoms with Crippen molar-refractivity contribution in [1.82, 2.24) is 9.88 Å². The van der Waals surface area contributed by atoms with E-state index in [1.165, 1.54) is 0 Å². The molecule has 0 aliphatic carbocycles. The summed E-state index contributed by atoms with van der Waals surface area (Å²) in [5.41, 5.74) is 1.50. The van der Waals surface area contributed by atoms with E-state index in [1.807, 2.05) is 56.3 Å². The van der Waals surface area contributed by atoms with Crippen LogP contribution in [0.25, 0.3) is 0 Å². The zero-order valence-corrected chi connectivity index (χ0v) is 13.1. The number of rotatable bonds is 5. The van der Waals surface area contributed by atoms with Gasteiger partial charge < -0.3 is 15.0 Å². The van der Waals surface area contributed by atoms with Crippen LogP contribution in [0.4, 0.5) is 10.5 Å². The molecule has 2 amide bonds. The van der Waals surface area contributed by atoms with E-state index in [0.717, 1.165) is 5.69 Å². The summed E-state index contributed by atoms with van der Waals surface area (Å²) in [6, 6.07) is 12.8. The molecule has 0 saturated heterocycles. The lowest BCUT2D eigenvalue weighted by Crippen LogP contribution is -2.31. The fourth-order valence-corrected chi connectivity index (χ4v) is 1.94. The molecule has 22 heavy (non-hydrogen) atoms. The van der Waals surface area contributed by atoms with E-state index in [0.29, 0.717) is 18.0 Å². The number of carbonyl (C=O) groups is 1. The third kappa shape index (κ3) is 4.48. The summed E-state index contributed by atoms with van der Waals surface area (Å²) in [5.74, 6) is 0.664. The van der Waals surface area contributed by atoms with Crippen molar-refractivity contribution in [2.24, 2.45) is 0 Å². The second-order valence-electron chi connectivity index (χ2n) is 5.27. The van der Waals surface area contributed by atoms with Gasteiger partial charge in [0, 0.05) is 13.2 Å². The summed E-state index contributed by atoms with van der Waals surface area (Å²) < 4.78 is 5.70. The predicted octanol–water partition coefficient (Wildman–Crippen LogP) is 3.53. The van der Waals surface area contributed by atoms with Gasteiger partial charge in [0.2, 0.25) is 0 Å². The number of pyridine rings is 1. The number of benzene rings is 1. The van der Waals surface area contributed by atoms with E-state index in [-0.39, 0.29) is 12.1 Å². The summed E-state index contributed by atoms with van der Waals surface area (Å²) >= 11 is 0. The minimum Gasteiger partial charge on any atom is -0.489 e. The number of para-hydroxylation sites is 2. The van der Waals surface area contributed by atoms with Crippen molar-refractivity contribution in [2.45, 2.75) is 26.5 Å².